The van der Waals surface area contributed by atoms with E-state index >= 15 is 0 Å². The number of benzene rings is 2. The second-order valence-electron chi connectivity index (χ2n) is 8.54. The van der Waals surface area contributed by atoms with E-state index in [9.17, 15) is 9.59 Å². The minimum Gasteiger partial charge on any atom is -0.322 e. The molecule has 1 fully saturated rings. The number of urea groups is 1. The highest BCUT2D eigenvalue weighted by molar-refractivity contribution is 5.99. The fourth-order valence-corrected chi connectivity index (χ4v) is 4.60. The Morgan fingerprint density at radius 1 is 1.06 bits per heavy atom. The largest absolute Gasteiger partial charge is 0.322 e. The van der Waals surface area contributed by atoms with E-state index in [0.29, 0.717) is 25.1 Å². The Bertz CT molecular complexity index is 1320. The van der Waals surface area contributed by atoms with Gasteiger partial charge in [0.25, 0.3) is 0 Å². The fraction of sp³-hybridized carbons (Fsp3) is 0.259. The molecule has 0 radical (unpaired) electrons. The summed E-state index contributed by atoms with van der Waals surface area (Å²) >= 11 is 0. The minimum absolute atomic E-state index is 0.0463. The molecule has 172 valence electrons. The van der Waals surface area contributed by atoms with Crippen LogP contribution < -0.4 is 5.32 Å². The van der Waals surface area contributed by atoms with Gasteiger partial charge in [-0.25, -0.2) is 9.78 Å². The van der Waals surface area contributed by atoms with E-state index in [2.05, 4.69) is 14.9 Å². The molecule has 5 rings (SSSR count). The molecule has 2 aromatic heterocycles. The van der Waals surface area contributed by atoms with E-state index in [-0.39, 0.29) is 17.9 Å². The molecule has 1 atom stereocenters. The molecule has 2 amide bonds. The summed E-state index contributed by atoms with van der Waals surface area (Å²) in [6, 6.07) is 20.9. The maximum atomic E-state index is 13.0. The highest BCUT2D eigenvalue weighted by Crippen LogP contribution is 2.33. The third-order valence-electron chi connectivity index (χ3n) is 6.30. The summed E-state index contributed by atoms with van der Waals surface area (Å²) in [5.74, 6) is 0.851. The number of hydrogen-bond acceptors (Lipinski definition) is 4. The highest BCUT2D eigenvalue weighted by atomic mass is 16.2. The summed E-state index contributed by atoms with van der Waals surface area (Å²) in [6.45, 7) is 3.14. The van der Waals surface area contributed by atoms with Gasteiger partial charge >= 0.3 is 6.03 Å². The Kier molecular flexibility index (Phi) is 6.08. The van der Waals surface area contributed by atoms with Crippen LogP contribution in [-0.2, 0) is 0 Å². The normalized spacial score (nSPS) is 15.9. The molecule has 34 heavy (non-hydrogen) atoms. The summed E-state index contributed by atoms with van der Waals surface area (Å²) in [7, 11) is 0. The van der Waals surface area contributed by atoms with Gasteiger partial charge in [0.05, 0.1) is 17.1 Å². The number of carbonyl (C=O) groups excluding carboxylic acids is 2. The lowest BCUT2D eigenvalue weighted by atomic mass is 10.0. The molecular formula is C27H27N5O2. The first kappa shape index (κ1) is 21.8. The number of amides is 2. The van der Waals surface area contributed by atoms with Gasteiger partial charge in [0, 0.05) is 37.0 Å². The van der Waals surface area contributed by atoms with E-state index in [1.54, 1.807) is 6.20 Å². The maximum absolute atomic E-state index is 13.0. The van der Waals surface area contributed by atoms with Crippen molar-refractivity contribution in [2.75, 3.05) is 18.4 Å². The second kappa shape index (κ2) is 9.47. The molecule has 2 aromatic carbocycles. The van der Waals surface area contributed by atoms with Crippen molar-refractivity contribution in [1.82, 2.24) is 19.4 Å². The van der Waals surface area contributed by atoms with Crippen LogP contribution in [0.5, 0.6) is 0 Å². The Morgan fingerprint density at radius 2 is 1.88 bits per heavy atom. The van der Waals surface area contributed by atoms with E-state index < -0.39 is 0 Å². The lowest BCUT2D eigenvalue weighted by Crippen LogP contribution is -2.43. The quantitative estimate of drug-likeness (QED) is 0.401. The van der Waals surface area contributed by atoms with Crippen molar-refractivity contribution >= 4 is 28.5 Å². The number of hydrogen-bond donors (Lipinski definition) is 1. The van der Waals surface area contributed by atoms with Crippen LogP contribution >= 0.6 is 0 Å². The zero-order valence-electron chi connectivity index (χ0n) is 19.1. The van der Waals surface area contributed by atoms with Crippen molar-refractivity contribution in [3.8, 4) is 11.5 Å². The number of para-hydroxylation sites is 1. The Labute approximate surface area is 198 Å². The number of imidazole rings is 1. The molecule has 0 saturated carbocycles. The van der Waals surface area contributed by atoms with E-state index in [0.717, 1.165) is 41.1 Å². The van der Waals surface area contributed by atoms with Crippen LogP contribution in [0.4, 0.5) is 10.5 Å². The predicted octanol–water partition coefficient (Wildman–Crippen LogP) is 5.56. The zero-order chi connectivity index (χ0) is 23.5. The van der Waals surface area contributed by atoms with Gasteiger partial charge in [0.15, 0.2) is 11.6 Å². The van der Waals surface area contributed by atoms with Gasteiger partial charge in [-0.3, -0.25) is 9.78 Å². The van der Waals surface area contributed by atoms with Gasteiger partial charge in [-0.2, -0.15) is 0 Å². The molecule has 7 nitrogen and oxygen atoms in total. The maximum Gasteiger partial charge on any atom is 0.321 e. The van der Waals surface area contributed by atoms with Crippen molar-refractivity contribution in [1.29, 1.82) is 0 Å². The molecule has 7 heteroatoms. The van der Waals surface area contributed by atoms with Gasteiger partial charge < -0.3 is 14.8 Å². The monoisotopic (exact) mass is 453 g/mol. The number of fused-ring (bicyclic) bond motifs is 1. The molecule has 0 spiro atoms. The van der Waals surface area contributed by atoms with Crippen molar-refractivity contribution < 1.29 is 9.59 Å². The molecule has 1 saturated heterocycles. The fourth-order valence-electron chi connectivity index (χ4n) is 4.60. The predicted molar refractivity (Wildman–Crippen MR) is 133 cm³/mol. The van der Waals surface area contributed by atoms with E-state index in [1.165, 1.54) is 0 Å². The number of carbonyl (C=O) groups is 2. The van der Waals surface area contributed by atoms with E-state index in [1.807, 2.05) is 78.6 Å². The van der Waals surface area contributed by atoms with Gasteiger partial charge in [0.1, 0.15) is 5.69 Å². The van der Waals surface area contributed by atoms with E-state index in [4.69, 9.17) is 4.98 Å². The van der Waals surface area contributed by atoms with Crippen LogP contribution in [0.1, 0.15) is 42.6 Å². The second-order valence-corrected chi connectivity index (χ2v) is 8.54. The smallest absolute Gasteiger partial charge is 0.321 e. The van der Waals surface area contributed by atoms with Crippen molar-refractivity contribution in [3.05, 3.63) is 78.5 Å². The lowest BCUT2D eigenvalue weighted by Gasteiger charge is -2.34. The number of rotatable bonds is 5. The number of anilines is 1. The first-order valence-corrected chi connectivity index (χ1v) is 11.7. The highest BCUT2D eigenvalue weighted by Gasteiger charge is 2.28. The summed E-state index contributed by atoms with van der Waals surface area (Å²) in [4.78, 5) is 36.6. The molecule has 1 aliphatic heterocycles. The molecule has 4 aromatic rings. The SMILES string of the molecule is CCC(=O)c1ccc2c(c1)nc(-c1ccccn1)n2C1CCCN(C(=O)Nc2ccccc2)C1. The molecule has 0 aliphatic carbocycles. The molecule has 0 bridgehead atoms. The molecule has 1 aliphatic rings. The average molecular weight is 454 g/mol. The van der Waals surface area contributed by atoms with Crippen LogP contribution in [-0.4, -0.2) is 44.3 Å². The summed E-state index contributed by atoms with van der Waals surface area (Å²) in [6.07, 6.45) is 4.02. The minimum atomic E-state index is -0.101. The number of likely N-dealkylation sites (tertiary alicyclic amines) is 1. The van der Waals surface area contributed by atoms with Crippen LogP contribution in [0.25, 0.3) is 22.6 Å². The Balaban J connectivity index is 1.51. The van der Waals surface area contributed by atoms with Crippen LogP contribution in [0.2, 0.25) is 0 Å². The number of nitrogens with one attached hydrogen (secondary N) is 1. The van der Waals surface area contributed by atoms with Gasteiger partial charge in [-0.1, -0.05) is 31.2 Å². The number of pyridine rings is 1. The van der Waals surface area contributed by atoms with Gasteiger partial charge in [-0.05, 0) is 55.3 Å². The van der Waals surface area contributed by atoms with Gasteiger partial charge in [-0.15, -0.1) is 0 Å². The standard InChI is InChI=1S/C27H27N5O2/c1-2-25(33)19-13-14-24-23(17-19)30-26(22-12-6-7-15-28-22)32(24)21-11-8-16-31(18-21)27(34)29-20-9-4-3-5-10-20/h3-7,9-10,12-15,17,21H,2,8,11,16,18H2,1H3,(H,29,34). The van der Waals surface area contributed by atoms with Crippen molar-refractivity contribution in [3.63, 3.8) is 0 Å². The average Bonchev–Trinajstić information content (AvgIpc) is 3.28. The van der Waals surface area contributed by atoms with Crippen LogP contribution in [0.3, 0.4) is 0 Å². The molecule has 3 heterocycles. The molecular weight excluding hydrogens is 426 g/mol. The van der Waals surface area contributed by atoms with Crippen molar-refractivity contribution in [2.45, 2.75) is 32.2 Å². The number of nitrogens with zero attached hydrogens (tertiary/aromatic N) is 4. The summed E-state index contributed by atoms with van der Waals surface area (Å²) < 4.78 is 2.19. The first-order chi connectivity index (χ1) is 16.6. The lowest BCUT2D eigenvalue weighted by molar-refractivity contribution is 0.0988. The number of piperidine rings is 1. The molecule has 1 unspecified atom stereocenters. The zero-order valence-corrected chi connectivity index (χ0v) is 19.1. The summed E-state index contributed by atoms with van der Waals surface area (Å²) in [5, 5.41) is 3.00. The molecule has 1 N–H and O–H groups in total. The third kappa shape index (κ3) is 4.29. The van der Waals surface area contributed by atoms with Gasteiger partial charge in [0.2, 0.25) is 0 Å². The van der Waals surface area contributed by atoms with Crippen molar-refractivity contribution in [2.24, 2.45) is 0 Å². The third-order valence-corrected chi connectivity index (χ3v) is 6.30. The van der Waals surface area contributed by atoms with Crippen LogP contribution in [0.15, 0.2) is 72.9 Å². The Morgan fingerprint density at radius 3 is 2.65 bits per heavy atom. The van der Waals surface area contributed by atoms with Crippen LogP contribution in [0, 0.1) is 0 Å². The first-order valence-electron chi connectivity index (χ1n) is 11.7. The number of ketones is 1. The number of aromatic nitrogens is 3. The number of Topliss-reactive ketones (excluding diaryl/α,β-unsaturated/α-hetero) is 1. The topological polar surface area (TPSA) is 80.1 Å². The Hall–Kier alpha value is -4.00. The summed E-state index contributed by atoms with van der Waals surface area (Å²) in [5.41, 5.74) is 3.94.